The van der Waals surface area contributed by atoms with Gasteiger partial charge in [-0.25, -0.2) is 4.39 Å². The lowest BCUT2D eigenvalue weighted by Gasteiger charge is -2.30. The summed E-state index contributed by atoms with van der Waals surface area (Å²) in [6.07, 6.45) is 0. The molecule has 1 atom stereocenters. The molecule has 2 aromatic rings. The number of nitrogens with one attached hydrogen (secondary N) is 3. The lowest BCUT2D eigenvalue weighted by atomic mass is 9.95. The molecule has 0 fully saturated rings. The molecule has 0 aromatic heterocycles. The largest absolute Gasteiger partial charge is 0.494 e. The molecule has 3 rings (SSSR count). The fraction of sp³-hybridized carbons (Fsp3) is 0.200. The van der Waals surface area contributed by atoms with Crippen molar-refractivity contribution >= 4 is 28.9 Å². The summed E-state index contributed by atoms with van der Waals surface area (Å²) in [4.78, 5) is 12.9. The molecule has 0 spiro atoms. The van der Waals surface area contributed by atoms with Crippen LogP contribution in [0.5, 0.6) is 5.75 Å². The molecule has 1 aliphatic rings. The zero-order valence-corrected chi connectivity index (χ0v) is 15.8. The summed E-state index contributed by atoms with van der Waals surface area (Å²) in [7, 11) is 0. The molecule has 1 aliphatic heterocycles. The smallest absolute Gasteiger partial charge is 0.255 e. The highest BCUT2D eigenvalue weighted by molar-refractivity contribution is 7.80. The van der Waals surface area contributed by atoms with Crippen LogP contribution in [0.3, 0.4) is 0 Å². The van der Waals surface area contributed by atoms with E-state index in [9.17, 15) is 9.18 Å². The van der Waals surface area contributed by atoms with E-state index in [-0.39, 0.29) is 11.7 Å². The first-order valence-corrected chi connectivity index (χ1v) is 8.96. The Balaban J connectivity index is 1.86. The molecular formula is C20H20FN3O2S. The molecule has 27 heavy (non-hydrogen) atoms. The lowest BCUT2D eigenvalue weighted by molar-refractivity contribution is -0.113. The maximum atomic E-state index is 13.3. The molecule has 140 valence electrons. The van der Waals surface area contributed by atoms with Gasteiger partial charge in [0.15, 0.2) is 5.11 Å². The van der Waals surface area contributed by atoms with Gasteiger partial charge in [-0.05, 0) is 68.0 Å². The van der Waals surface area contributed by atoms with Crippen LogP contribution in [0.15, 0.2) is 59.8 Å². The topological polar surface area (TPSA) is 62.4 Å². The molecule has 0 aliphatic carbocycles. The summed E-state index contributed by atoms with van der Waals surface area (Å²) >= 11 is 5.22. The molecule has 2 aromatic carbocycles. The van der Waals surface area contributed by atoms with Crippen LogP contribution in [0.2, 0.25) is 0 Å². The second-order valence-corrected chi connectivity index (χ2v) is 6.44. The van der Waals surface area contributed by atoms with Gasteiger partial charge in [0.05, 0.1) is 18.2 Å². The number of benzene rings is 2. The fourth-order valence-corrected chi connectivity index (χ4v) is 3.17. The normalized spacial score (nSPS) is 16.4. The first-order chi connectivity index (χ1) is 13.0. The van der Waals surface area contributed by atoms with Crippen LogP contribution >= 0.6 is 12.2 Å². The molecule has 1 heterocycles. The first kappa shape index (κ1) is 18.8. The second kappa shape index (κ2) is 8.18. The minimum Gasteiger partial charge on any atom is -0.494 e. The van der Waals surface area contributed by atoms with Gasteiger partial charge < -0.3 is 20.7 Å². The average Bonchev–Trinajstić information content (AvgIpc) is 2.63. The van der Waals surface area contributed by atoms with E-state index in [4.69, 9.17) is 17.0 Å². The molecule has 1 unspecified atom stereocenters. The van der Waals surface area contributed by atoms with Crippen molar-refractivity contribution in [3.05, 3.63) is 71.2 Å². The van der Waals surface area contributed by atoms with Crippen molar-refractivity contribution < 1.29 is 13.9 Å². The third-order valence-electron chi connectivity index (χ3n) is 4.14. The van der Waals surface area contributed by atoms with Crippen LogP contribution in [-0.4, -0.2) is 17.6 Å². The number of carbonyl (C=O) groups excluding carboxylic acids is 1. The summed E-state index contributed by atoms with van der Waals surface area (Å²) in [6, 6.07) is 12.7. The van der Waals surface area contributed by atoms with Crippen molar-refractivity contribution in [1.82, 2.24) is 10.6 Å². The molecule has 0 saturated carbocycles. The van der Waals surface area contributed by atoms with Gasteiger partial charge in [-0.1, -0.05) is 12.1 Å². The van der Waals surface area contributed by atoms with Gasteiger partial charge in [0.1, 0.15) is 11.6 Å². The molecular weight excluding hydrogens is 365 g/mol. The van der Waals surface area contributed by atoms with Gasteiger partial charge in [-0.15, -0.1) is 0 Å². The van der Waals surface area contributed by atoms with Crippen molar-refractivity contribution in [2.75, 3.05) is 11.9 Å². The zero-order valence-electron chi connectivity index (χ0n) is 15.0. The third-order valence-corrected chi connectivity index (χ3v) is 4.36. The Bertz CT molecular complexity index is 879. The molecule has 0 radical (unpaired) electrons. The predicted octanol–water partition coefficient (Wildman–Crippen LogP) is 3.66. The third kappa shape index (κ3) is 4.43. The fourth-order valence-electron chi connectivity index (χ4n) is 2.90. The van der Waals surface area contributed by atoms with Crippen molar-refractivity contribution in [2.24, 2.45) is 0 Å². The monoisotopic (exact) mass is 385 g/mol. The molecule has 0 bridgehead atoms. The summed E-state index contributed by atoms with van der Waals surface area (Å²) in [5, 5.41) is 9.37. The summed E-state index contributed by atoms with van der Waals surface area (Å²) < 4.78 is 18.7. The minimum atomic E-state index is -0.470. The number of hydrogen-bond acceptors (Lipinski definition) is 3. The van der Waals surface area contributed by atoms with Crippen molar-refractivity contribution in [3.8, 4) is 5.75 Å². The number of allylic oxidation sites excluding steroid dienone is 1. The SMILES string of the molecule is CCOc1ccc(NC(=O)C2=C(C)NC(=S)NC2c2ccc(F)cc2)cc1. The minimum absolute atomic E-state index is 0.270. The maximum Gasteiger partial charge on any atom is 0.255 e. The number of anilines is 1. The van der Waals surface area contributed by atoms with Crippen molar-refractivity contribution in [1.29, 1.82) is 0 Å². The molecule has 1 amide bonds. The number of ether oxygens (including phenoxy) is 1. The van der Waals surface area contributed by atoms with Crippen LogP contribution in [0.25, 0.3) is 0 Å². The zero-order chi connectivity index (χ0) is 19.4. The molecule has 5 nitrogen and oxygen atoms in total. The maximum absolute atomic E-state index is 13.3. The van der Waals surface area contributed by atoms with Crippen molar-refractivity contribution in [2.45, 2.75) is 19.9 Å². The van der Waals surface area contributed by atoms with Gasteiger partial charge in [-0.2, -0.15) is 0 Å². The Morgan fingerprint density at radius 3 is 2.48 bits per heavy atom. The second-order valence-electron chi connectivity index (χ2n) is 6.03. The Labute approximate surface area is 162 Å². The number of thiocarbonyl (C=S) groups is 1. The van der Waals surface area contributed by atoms with Crippen LogP contribution < -0.4 is 20.7 Å². The molecule has 3 N–H and O–H groups in total. The van der Waals surface area contributed by atoms with Gasteiger partial charge in [0.25, 0.3) is 5.91 Å². The number of carbonyl (C=O) groups is 1. The van der Waals surface area contributed by atoms with E-state index in [0.717, 1.165) is 11.3 Å². The number of halogens is 1. The standard InChI is InChI=1S/C20H20FN3O2S/c1-3-26-16-10-8-15(9-11-16)23-19(25)17-12(2)22-20(27)24-18(17)13-4-6-14(21)7-5-13/h4-11,18H,3H2,1-2H3,(H,23,25)(H2,22,24,27). The number of amides is 1. The highest BCUT2D eigenvalue weighted by atomic mass is 32.1. The average molecular weight is 385 g/mol. The van der Waals surface area contributed by atoms with E-state index < -0.39 is 6.04 Å². The lowest BCUT2D eigenvalue weighted by Crippen LogP contribution is -2.45. The first-order valence-electron chi connectivity index (χ1n) is 8.56. The quantitative estimate of drug-likeness (QED) is 0.686. The Morgan fingerprint density at radius 1 is 1.19 bits per heavy atom. The number of rotatable bonds is 5. The van der Waals surface area contributed by atoms with Gasteiger partial charge in [-0.3, -0.25) is 4.79 Å². The van der Waals surface area contributed by atoms with Gasteiger partial charge >= 0.3 is 0 Å². The highest BCUT2D eigenvalue weighted by Crippen LogP contribution is 2.28. The number of hydrogen-bond donors (Lipinski definition) is 3. The van der Waals surface area contributed by atoms with Gasteiger partial charge in [0.2, 0.25) is 0 Å². The Hall–Kier alpha value is -2.93. The van der Waals surface area contributed by atoms with Crippen LogP contribution in [0, 0.1) is 5.82 Å². The van der Waals surface area contributed by atoms with E-state index in [1.54, 1.807) is 43.3 Å². The Kier molecular flexibility index (Phi) is 5.71. The Morgan fingerprint density at radius 2 is 1.85 bits per heavy atom. The van der Waals surface area contributed by atoms with Crippen LogP contribution in [-0.2, 0) is 4.79 Å². The highest BCUT2D eigenvalue weighted by Gasteiger charge is 2.29. The summed E-state index contributed by atoms with van der Waals surface area (Å²) in [6.45, 7) is 4.28. The van der Waals surface area contributed by atoms with Crippen LogP contribution in [0.1, 0.15) is 25.5 Å². The van der Waals surface area contributed by atoms with E-state index in [1.165, 1.54) is 12.1 Å². The van der Waals surface area contributed by atoms with E-state index in [1.807, 2.05) is 6.92 Å². The summed E-state index contributed by atoms with van der Waals surface area (Å²) in [5.74, 6) is 0.131. The van der Waals surface area contributed by atoms with E-state index >= 15 is 0 Å². The predicted molar refractivity (Wildman–Crippen MR) is 107 cm³/mol. The molecule has 0 saturated heterocycles. The van der Waals surface area contributed by atoms with E-state index in [2.05, 4.69) is 16.0 Å². The van der Waals surface area contributed by atoms with Crippen LogP contribution in [0.4, 0.5) is 10.1 Å². The van der Waals surface area contributed by atoms with Crippen molar-refractivity contribution in [3.63, 3.8) is 0 Å². The summed E-state index contributed by atoms with van der Waals surface area (Å²) in [5.41, 5.74) is 2.53. The van der Waals surface area contributed by atoms with E-state index in [0.29, 0.717) is 28.7 Å². The van der Waals surface area contributed by atoms with Gasteiger partial charge in [0, 0.05) is 11.4 Å². The molecule has 7 heteroatoms.